The number of nitrogens with two attached hydrogens (primary N) is 2. The molecule has 5 rings (SSSR count). The predicted octanol–water partition coefficient (Wildman–Crippen LogP) is 5.81. The molecule has 1 fully saturated rings. The van der Waals surface area contributed by atoms with E-state index in [0.717, 1.165) is 42.1 Å². The third-order valence-corrected chi connectivity index (χ3v) is 10.6. The number of carbonyl (C=O) groups excluding carboxylic acids is 2. The monoisotopic (exact) mass is 794 g/mol. The molecule has 306 valence electrons. The van der Waals surface area contributed by atoms with Crippen LogP contribution in [0.25, 0.3) is 0 Å². The number of carbonyl (C=O) groups is 2. The second-order valence-corrected chi connectivity index (χ2v) is 15.6. The van der Waals surface area contributed by atoms with Gasteiger partial charge in [0, 0.05) is 33.2 Å². The first-order valence-corrected chi connectivity index (χ1v) is 20.1. The zero-order valence-corrected chi connectivity index (χ0v) is 34.1. The molecule has 1 saturated heterocycles. The van der Waals surface area contributed by atoms with Gasteiger partial charge in [0.15, 0.2) is 0 Å². The molecule has 0 aromatic heterocycles. The molecule has 0 aliphatic carbocycles. The predicted molar refractivity (Wildman–Crippen MR) is 218 cm³/mol. The highest BCUT2D eigenvalue weighted by molar-refractivity contribution is 6.32. The van der Waals surface area contributed by atoms with Crippen molar-refractivity contribution in [2.75, 3.05) is 64.6 Å². The topological polar surface area (TPSA) is 148 Å². The van der Waals surface area contributed by atoms with Crippen LogP contribution in [-0.2, 0) is 30.4 Å². The molecule has 0 radical (unpaired) electrons. The number of piperidine rings is 1. The number of anilines is 1. The van der Waals surface area contributed by atoms with Crippen molar-refractivity contribution in [3.05, 3.63) is 82.9 Å². The minimum Gasteiger partial charge on any atom is -0.493 e. The maximum absolute atomic E-state index is 13.8. The summed E-state index contributed by atoms with van der Waals surface area (Å²) in [6.45, 7) is 12.0. The molecule has 2 heterocycles. The van der Waals surface area contributed by atoms with Crippen molar-refractivity contribution in [2.24, 2.45) is 23.3 Å². The normalized spacial score (nSPS) is 19.3. The number of halogens is 1. The summed E-state index contributed by atoms with van der Waals surface area (Å²) >= 11 is 6.21. The number of nitrogens with zero attached hydrogens (tertiary/aromatic N) is 2. The Balaban J connectivity index is 1.37. The Morgan fingerprint density at radius 2 is 1.59 bits per heavy atom. The van der Waals surface area contributed by atoms with Crippen molar-refractivity contribution in [3.63, 3.8) is 0 Å². The third kappa shape index (κ3) is 11.5. The van der Waals surface area contributed by atoms with E-state index in [1.54, 1.807) is 18.1 Å². The molecule has 1 amide bonds. The van der Waals surface area contributed by atoms with E-state index in [-0.39, 0.29) is 37.4 Å². The summed E-state index contributed by atoms with van der Waals surface area (Å²) < 4.78 is 36.1. The van der Waals surface area contributed by atoms with E-state index in [4.69, 9.17) is 51.5 Å². The fraction of sp³-hybridized carbons (Fsp3) is 0.535. The Hall–Kier alpha value is -4.07. The highest BCUT2D eigenvalue weighted by Gasteiger charge is 2.44. The average molecular weight is 795 g/mol. The van der Waals surface area contributed by atoms with Crippen LogP contribution in [0, 0.1) is 11.8 Å². The van der Waals surface area contributed by atoms with Gasteiger partial charge in [0.2, 0.25) is 5.91 Å². The molecule has 0 saturated carbocycles. The van der Waals surface area contributed by atoms with Gasteiger partial charge in [-0.25, -0.2) is 0 Å². The lowest BCUT2D eigenvalue weighted by molar-refractivity contribution is -0.166. The van der Waals surface area contributed by atoms with Crippen LogP contribution in [0.15, 0.2) is 66.7 Å². The number of hydrogen-bond donors (Lipinski definition) is 2. The summed E-state index contributed by atoms with van der Waals surface area (Å²) in [5.74, 6) is 0.741. The fourth-order valence-corrected chi connectivity index (χ4v) is 7.06. The molecule has 3 aromatic rings. The van der Waals surface area contributed by atoms with Gasteiger partial charge in [-0.2, -0.15) is 0 Å². The van der Waals surface area contributed by atoms with E-state index in [0.29, 0.717) is 49.4 Å². The fourth-order valence-electron chi connectivity index (χ4n) is 6.87. The number of methoxy groups -OCH3 is 1. The second-order valence-electron chi connectivity index (χ2n) is 15.2. The maximum atomic E-state index is 13.8. The molecule has 13 heteroatoms. The van der Waals surface area contributed by atoms with Gasteiger partial charge in [0.25, 0.3) is 0 Å². The van der Waals surface area contributed by atoms with Crippen molar-refractivity contribution < 1.29 is 38.0 Å². The molecule has 3 aromatic carbocycles. The molecule has 2 aliphatic heterocycles. The Morgan fingerprint density at radius 1 is 0.875 bits per heavy atom. The van der Waals surface area contributed by atoms with E-state index in [9.17, 15) is 9.59 Å². The minimum absolute atomic E-state index is 0.0882. The van der Waals surface area contributed by atoms with Crippen molar-refractivity contribution in [3.8, 4) is 17.2 Å². The third-order valence-electron chi connectivity index (χ3n) is 10.3. The number of ether oxygens (including phenoxy) is 6. The smallest absolute Gasteiger partial charge is 0.323 e. The van der Waals surface area contributed by atoms with Crippen LogP contribution in [0.2, 0.25) is 5.02 Å². The Labute approximate surface area is 336 Å². The van der Waals surface area contributed by atoms with Gasteiger partial charge in [-0.3, -0.25) is 9.59 Å². The van der Waals surface area contributed by atoms with Crippen LogP contribution in [0.3, 0.4) is 0 Å². The van der Waals surface area contributed by atoms with Crippen LogP contribution in [-0.4, -0.2) is 101 Å². The maximum Gasteiger partial charge on any atom is 0.323 e. The van der Waals surface area contributed by atoms with Crippen molar-refractivity contribution in [1.82, 2.24) is 4.90 Å². The Bertz CT molecular complexity index is 1710. The highest BCUT2D eigenvalue weighted by atomic mass is 35.5. The number of hydrogen-bond acceptors (Lipinski definition) is 11. The van der Waals surface area contributed by atoms with Crippen LogP contribution in [0.5, 0.6) is 17.2 Å². The lowest BCUT2D eigenvalue weighted by Gasteiger charge is -2.44. The number of fused-ring (bicyclic) bond motifs is 1. The molecule has 12 nitrogen and oxygen atoms in total. The van der Waals surface area contributed by atoms with Crippen LogP contribution in [0.4, 0.5) is 5.69 Å². The number of para-hydroxylation sites is 1. The van der Waals surface area contributed by atoms with Crippen LogP contribution in [0.1, 0.15) is 57.6 Å². The van der Waals surface area contributed by atoms with E-state index in [1.165, 1.54) is 0 Å². The number of rotatable bonds is 19. The summed E-state index contributed by atoms with van der Waals surface area (Å²) in [4.78, 5) is 31.2. The highest BCUT2D eigenvalue weighted by Crippen LogP contribution is 2.37. The first-order chi connectivity index (χ1) is 27.0. The zero-order chi connectivity index (χ0) is 40.2. The number of amides is 1. The van der Waals surface area contributed by atoms with E-state index >= 15 is 0 Å². The number of benzene rings is 3. The van der Waals surface area contributed by atoms with E-state index in [2.05, 4.69) is 11.0 Å². The molecule has 2 aliphatic rings. The number of esters is 1. The van der Waals surface area contributed by atoms with Gasteiger partial charge in [-0.15, -0.1) is 0 Å². The molecular formula is C43H59ClN4O8. The first kappa shape index (κ1) is 43.1. The zero-order valence-electron chi connectivity index (χ0n) is 33.4. The first-order valence-electron chi connectivity index (χ1n) is 19.7. The molecule has 0 spiro atoms. The standard InChI is InChI=1S/C43H59ClN4O8/c1-28(2)40(45)42(49)48-25-37(55-27-30-12-17-36-34(24-30)47(19-23-54-36)18-8-20-51-5)39(38(26-48)56-43(50)41(46)29(3)4)31-13-15-32(16-14-31)52-21-9-22-53-35-11-7-6-10-33(35)44/h6-7,10-17,24,28-29,37-41H,8-9,18-23,25-27,45-46H2,1-5H3/t37-,38+,39+,40-,41-/m0/s1. The van der Waals surface area contributed by atoms with Crippen molar-refractivity contribution >= 4 is 29.2 Å². The summed E-state index contributed by atoms with van der Waals surface area (Å²) in [6.07, 6.45) is 0.239. The van der Waals surface area contributed by atoms with Crippen LogP contribution < -0.4 is 30.6 Å². The summed E-state index contributed by atoms with van der Waals surface area (Å²) in [5, 5.41) is 0.567. The van der Waals surface area contributed by atoms with Gasteiger partial charge in [0.05, 0.1) is 61.7 Å². The molecule has 56 heavy (non-hydrogen) atoms. The minimum atomic E-state index is -0.832. The van der Waals surface area contributed by atoms with Gasteiger partial charge in [0.1, 0.15) is 36.0 Å². The van der Waals surface area contributed by atoms with E-state index < -0.39 is 36.2 Å². The Kier molecular flexibility index (Phi) is 16.1. The van der Waals surface area contributed by atoms with Crippen molar-refractivity contribution in [2.45, 2.75) is 77.4 Å². The van der Waals surface area contributed by atoms with Gasteiger partial charge in [-0.1, -0.05) is 69.6 Å². The van der Waals surface area contributed by atoms with Crippen LogP contribution >= 0.6 is 11.6 Å². The largest absolute Gasteiger partial charge is 0.493 e. The lowest BCUT2D eigenvalue weighted by atomic mass is 9.83. The van der Waals surface area contributed by atoms with Crippen molar-refractivity contribution in [1.29, 1.82) is 0 Å². The summed E-state index contributed by atoms with van der Waals surface area (Å²) in [5.41, 5.74) is 15.5. The SMILES string of the molecule is COCCCN1CCOc2ccc(CO[C@H]3CN(C(=O)[C@@H](N)C(C)C)C[C@@H](OC(=O)[C@@H](N)C(C)C)[C@@H]3c3ccc(OCCCOc4ccccc4Cl)cc3)cc21. The lowest BCUT2D eigenvalue weighted by Crippen LogP contribution is -2.59. The van der Waals surface area contributed by atoms with E-state index in [1.807, 2.05) is 82.3 Å². The molecule has 0 unspecified atom stereocenters. The average Bonchev–Trinajstić information content (AvgIpc) is 3.19. The molecule has 5 atom stereocenters. The number of likely N-dealkylation sites (tertiary alicyclic amines) is 1. The second kappa shape index (κ2) is 20.9. The Morgan fingerprint density at radius 3 is 2.30 bits per heavy atom. The van der Waals surface area contributed by atoms with Gasteiger partial charge in [-0.05, 0) is 65.8 Å². The summed E-state index contributed by atoms with van der Waals surface area (Å²) in [6, 6.07) is 19.6. The van der Waals surface area contributed by atoms with Gasteiger partial charge >= 0.3 is 5.97 Å². The molecule has 4 N–H and O–H groups in total. The quantitative estimate of drug-likeness (QED) is 0.112. The molecular weight excluding hydrogens is 736 g/mol. The van der Waals surface area contributed by atoms with Gasteiger partial charge < -0.3 is 49.7 Å². The summed E-state index contributed by atoms with van der Waals surface area (Å²) in [7, 11) is 1.71. The molecule has 0 bridgehead atoms.